The van der Waals surface area contributed by atoms with Gasteiger partial charge in [-0.2, -0.15) is 8.42 Å². The van der Waals surface area contributed by atoms with Gasteiger partial charge in [-0.1, -0.05) is 13.3 Å². The van der Waals surface area contributed by atoms with Crippen LogP contribution in [0, 0.1) is 0 Å². The van der Waals surface area contributed by atoms with Crippen molar-refractivity contribution in [1.29, 1.82) is 0 Å². The number of unbranched alkanes of at least 4 members (excludes halogenated alkanes) is 1. The van der Waals surface area contributed by atoms with Gasteiger partial charge >= 0.3 is 0 Å². The molecule has 6 heteroatoms. The van der Waals surface area contributed by atoms with E-state index in [1.54, 1.807) is 0 Å². The summed E-state index contributed by atoms with van der Waals surface area (Å²) in [5, 5.41) is 0. The van der Waals surface area contributed by atoms with Crippen LogP contribution in [-0.2, 0) is 10.1 Å². The molecule has 1 aliphatic rings. The van der Waals surface area contributed by atoms with Gasteiger partial charge in [0.1, 0.15) is 0 Å². The fraction of sp³-hybridized carbons (Fsp3) is 0.778. The van der Waals surface area contributed by atoms with Crippen molar-refractivity contribution < 1.29 is 13.0 Å². The van der Waals surface area contributed by atoms with E-state index in [-0.39, 0.29) is 0 Å². The molecule has 0 atom stereocenters. The van der Waals surface area contributed by atoms with Gasteiger partial charge < -0.3 is 9.80 Å². The highest BCUT2D eigenvalue weighted by molar-refractivity contribution is 7.85. The first-order valence-corrected chi connectivity index (χ1v) is 6.73. The van der Waals surface area contributed by atoms with Crippen molar-refractivity contribution in [1.82, 2.24) is 9.80 Å². The van der Waals surface area contributed by atoms with Crippen molar-refractivity contribution in [2.24, 2.45) is 0 Å². The van der Waals surface area contributed by atoms with E-state index in [4.69, 9.17) is 4.55 Å². The summed E-state index contributed by atoms with van der Waals surface area (Å²) in [5.41, 5.74) is 0. The van der Waals surface area contributed by atoms with Crippen LogP contribution >= 0.6 is 0 Å². The van der Waals surface area contributed by atoms with Crippen molar-refractivity contribution in [3.8, 4) is 0 Å². The summed E-state index contributed by atoms with van der Waals surface area (Å²) in [6, 6.07) is 0. The third kappa shape index (κ3) is 11.2. The van der Waals surface area contributed by atoms with Gasteiger partial charge in [-0.25, -0.2) is 0 Å². The van der Waals surface area contributed by atoms with E-state index in [2.05, 4.69) is 36.2 Å². The second-order valence-electron chi connectivity index (χ2n) is 3.60. The lowest BCUT2D eigenvalue weighted by Gasteiger charge is -2.17. The Labute approximate surface area is 92.1 Å². The fourth-order valence-electron chi connectivity index (χ4n) is 1.10. The van der Waals surface area contributed by atoms with Crippen LogP contribution < -0.4 is 0 Å². The number of hydrogen-bond donors (Lipinski definition) is 1. The molecule has 0 aromatic rings. The fourth-order valence-corrected chi connectivity index (χ4v) is 1.10. The molecule has 1 heterocycles. The van der Waals surface area contributed by atoms with Crippen molar-refractivity contribution in [2.75, 3.05) is 26.5 Å². The molecule has 0 fully saturated rings. The van der Waals surface area contributed by atoms with Gasteiger partial charge in [0.2, 0.25) is 0 Å². The van der Waals surface area contributed by atoms with Gasteiger partial charge in [-0.05, 0) is 6.42 Å². The van der Waals surface area contributed by atoms with Gasteiger partial charge in [-0.3, -0.25) is 4.55 Å². The molecule has 0 aliphatic carbocycles. The van der Waals surface area contributed by atoms with Gasteiger partial charge in [0.05, 0.1) is 12.9 Å². The molecule has 1 aliphatic heterocycles. The maximum absolute atomic E-state index is 9.19. The van der Waals surface area contributed by atoms with Crippen LogP contribution in [-0.4, -0.2) is 49.3 Å². The normalized spacial score (nSPS) is 15.2. The van der Waals surface area contributed by atoms with Crippen LogP contribution in [0.25, 0.3) is 0 Å². The molecule has 0 unspecified atom stereocenters. The third-order valence-electron chi connectivity index (χ3n) is 1.74. The van der Waals surface area contributed by atoms with Crippen molar-refractivity contribution in [2.45, 2.75) is 19.8 Å². The topological polar surface area (TPSA) is 60.9 Å². The van der Waals surface area contributed by atoms with E-state index in [9.17, 15) is 8.42 Å². The second-order valence-corrected chi connectivity index (χ2v) is 5.06. The molecule has 0 radical (unpaired) electrons. The molecule has 15 heavy (non-hydrogen) atoms. The van der Waals surface area contributed by atoms with Crippen LogP contribution in [0.5, 0.6) is 0 Å². The smallest absolute Gasteiger partial charge is 0.261 e. The molecule has 0 spiro atoms. The first-order chi connectivity index (χ1) is 6.83. The van der Waals surface area contributed by atoms with Crippen LogP contribution in [0.1, 0.15) is 19.8 Å². The Morgan fingerprint density at radius 1 is 1.40 bits per heavy atom. The lowest BCUT2D eigenvalue weighted by molar-refractivity contribution is 0.293. The summed E-state index contributed by atoms with van der Waals surface area (Å²) in [4.78, 5) is 4.53. The third-order valence-corrected chi connectivity index (χ3v) is 1.74. The van der Waals surface area contributed by atoms with Gasteiger partial charge in [0.15, 0.2) is 0 Å². The Balaban J connectivity index is 0.000000336. The Morgan fingerprint density at radius 3 is 2.27 bits per heavy atom. The zero-order chi connectivity index (χ0) is 11.9. The van der Waals surface area contributed by atoms with Crippen LogP contribution in [0.2, 0.25) is 0 Å². The zero-order valence-corrected chi connectivity index (χ0v) is 10.4. The number of nitrogens with zero attached hydrogens (tertiary/aromatic N) is 2. The van der Waals surface area contributed by atoms with Gasteiger partial charge in [0.25, 0.3) is 10.1 Å². The van der Waals surface area contributed by atoms with E-state index in [1.165, 1.54) is 19.4 Å². The standard InChI is InChI=1S/C8H16N2.CH4O3S/c1-3-4-5-10-7-6-9(2)8-10;1-5(2,3)4/h6-7H,3-5,8H2,1-2H3;1H3,(H,2,3,4). The summed E-state index contributed by atoms with van der Waals surface area (Å²) in [6.07, 6.45) is 7.59. The predicted octanol–water partition coefficient (Wildman–Crippen LogP) is 0.967. The molecule has 0 saturated carbocycles. The minimum Gasteiger partial charge on any atom is -0.362 e. The first-order valence-electron chi connectivity index (χ1n) is 4.88. The summed E-state index contributed by atoms with van der Waals surface area (Å²) in [7, 11) is -1.57. The minimum absolute atomic E-state index is 0.715. The van der Waals surface area contributed by atoms with Crippen molar-refractivity contribution >= 4 is 10.1 Å². The molecule has 0 saturated heterocycles. The molecular weight excluding hydrogens is 216 g/mol. The molecule has 90 valence electrons. The lowest BCUT2D eigenvalue weighted by Crippen LogP contribution is -2.23. The molecule has 1 N–H and O–H groups in total. The van der Waals surface area contributed by atoms with Crippen LogP contribution in [0.3, 0.4) is 0 Å². The highest BCUT2D eigenvalue weighted by atomic mass is 32.2. The van der Waals surface area contributed by atoms with Crippen LogP contribution in [0.4, 0.5) is 0 Å². The van der Waals surface area contributed by atoms with Crippen molar-refractivity contribution in [3.05, 3.63) is 12.4 Å². The molecule has 0 aromatic heterocycles. The summed E-state index contributed by atoms with van der Waals surface area (Å²) in [5.74, 6) is 0. The molecule has 0 aromatic carbocycles. The predicted molar refractivity (Wildman–Crippen MR) is 60.9 cm³/mol. The SMILES string of the molecule is CCCCN1C=CN(C)C1.CS(=O)(=O)O. The minimum atomic E-state index is -3.67. The average molecular weight is 236 g/mol. The van der Waals surface area contributed by atoms with E-state index in [0.717, 1.165) is 6.67 Å². The Hall–Kier alpha value is -0.750. The van der Waals surface area contributed by atoms with E-state index >= 15 is 0 Å². The quantitative estimate of drug-likeness (QED) is 0.740. The van der Waals surface area contributed by atoms with Gasteiger partial charge in [-0.15, -0.1) is 0 Å². The largest absolute Gasteiger partial charge is 0.362 e. The zero-order valence-electron chi connectivity index (χ0n) is 9.55. The van der Waals surface area contributed by atoms with E-state index in [1.807, 2.05) is 0 Å². The second kappa shape index (κ2) is 6.68. The highest BCUT2D eigenvalue weighted by Gasteiger charge is 2.05. The molecule has 0 bridgehead atoms. The lowest BCUT2D eigenvalue weighted by atomic mass is 10.3. The summed E-state index contributed by atoms with van der Waals surface area (Å²) >= 11 is 0. The maximum atomic E-state index is 9.19. The Kier molecular flexibility index (Phi) is 6.35. The van der Waals surface area contributed by atoms with Crippen molar-refractivity contribution in [3.63, 3.8) is 0 Å². The summed E-state index contributed by atoms with van der Waals surface area (Å²) < 4.78 is 25.9. The maximum Gasteiger partial charge on any atom is 0.261 e. The van der Waals surface area contributed by atoms with Crippen LogP contribution in [0.15, 0.2) is 12.4 Å². The number of hydrogen-bond acceptors (Lipinski definition) is 4. The van der Waals surface area contributed by atoms with E-state index < -0.39 is 10.1 Å². The first kappa shape index (κ1) is 14.2. The molecular formula is C9H20N2O3S. The molecule has 1 rings (SSSR count). The Bertz CT molecular complexity index is 280. The molecule has 5 nitrogen and oxygen atoms in total. The average Bonchev–Trinajstić information content (AvgIpc) is 2.45. The summed E-state index contributed by atoms with van der Waals surface area (Å²) in [6.45, 7) is 4.50. The monoisotopic (exact) mass is 236 g/mol. The number of rotatable bonds is 3. The van der Waals surface area contributed by atoms with E-state index in [0.29, 0.717) is 6.26 Å². The highest BCUT2D eigenvalue weighted by Crippen LogP contribution is 2.04. The molecule has 0 amide bonds. The van der Waals surface area contributed by atoms with Gasteiger partial charge in [0, 0.05) is 26.0 Å². The Morgan fingerprint density at radius 2 is 1.93 bits per heavy atom.